The molecule has 1 amide bonds. The molecule has 0 fully saturated rings. The summed E-state index contributed by atoms with van der Waals surface area (Å²) in [4.78, 5) is 27.9. The Morgan fingerprint density at radius 1 is 0.889 bits per heavy atom. The highest BCUT2D eigenvalue weighted by molar-refractivity contribution is 5.96. The van der Waals surface area contributed by atoms with Gasteiger partial charge in [-0.15, -0.1) is 0 Å². The highest BCUT2D eigenvalue weighted by Gasteiger charge is 2.49. The van der Waals surface area contributed by atoms with Crippen molar-refractivity contribution < 1.29 is 19.4 Å². The van der Waals surface area contributed by atoms with Crippen LogP contribution in [0, 0.1) is 0 Å². The lowest BCUT2D eigenvalue weighted by molar-refractivity contribution is -0.152. The number of carbonyl (C=O) groups is 1. The van der Waals surface area contributed by atoms with Gasteiger partial charge in [-0.2, -0.15) is 0 Å². The molecular formula is C28H31N3O5. The van der Waals surface area contributed by atoms with Crippen LogP contribution in [0.3, 0.4) is 0 Å². The minimum absolute atomic E-state index is 0.0717. The van der Waals surface area contributed by atoms with Crippen molar-refractivity contribution in [2.24, 2.45) is 0 Å². The molecule has 2 heterocycles. The Labute approximate surface area is 210 Å². The molecule has 0 saturated heterocycles. The molecule has 1 N–H and O–H groups in total. The molecule has 0 saturated carbocycles. The number of aryl methyl sites for hydroxylation is 2. The summed E-state index contributed by atoms with van der Waals surface area (Å²) in [6.45, 7) is 3.79. The maximum absolute atomic E-state index is 13.8. The average molecular weight is 490 g/mol. The molecule has 0 spiro atoms. The van der Waals surface area contributed by atoms with E-state index in [1.807, 2.05) is 43.1 Å². The summed E-state index contributed by atoms with van der Waals surface area (Å²) in [5.41, 5.74) is 3.89. The van der Waals surface area contributed by atoms with Crippen LogP contribution < -0.4 is 10.4 Å². The van der Waals surface area contributed by atoms with Gasteiger partial charge in [0.05, 0.1) is 6.04 Å². The lowest BCUT2D eigenvalue weighted by Gasteiger charge is -2.52. The third-order valence-electron chi connectivity index (χ3n) is 7.19. The fourth-order valence-electron chi connectivity index (χ4n) is 5.60. The van der Waals surface area contributed by atoms with Crippen molar-refractivity contribution in [3.8, 4) is 5.75 Å². The van der Waals surface area contributed by atoms with Gasteiger partial charge in [-0.1, -0.05) is 48.5 Å². The Kier molecular flexibility index (Phi) is 6.32. The van der Waals surface area contributed by atoms with E-state index in [0.29, 0.717) is 0 Å². The van der Waals surface area contributed by atoms with Crippen LogP contribution >= 0.6 is 0 Å². The second-order valence-corrected chi connectivity index (χ2v) is 9.46. The lowest BCUT2D eigenvalue weighted by atomic mass is 9.93. The molecule has 1 unspecified atom stereocenters. The zero-order valence-corrected chi connectivity index (χ0v) is 20.9. The van der Waals surface area contributed by atoms with Crippen LogP contribution in [0.2, 0.25) is 0 Å². The SMILES string of the molecule is COC(OC)C1N(C(C)C)C(=O)c2c(O)c(=O)ccn2N1C1c2ccccc2CCc2ccccc21. The summed E-state index contributed by atoms with van der Waals surface area (Å²) < 4.78 is 13.1. The Morgan fingerprint density at radius 2 is 1.44 bits per heavy atom. The van der Waals surface area contributed by atoms with E-state index in [4.69, 9.17) is 9.47 Å². The molecule has 1 atom stereocenters. The van der Waals surface area contributed by atoms with Gasteiger partial charge in [-0.25, -0.2) is 0 Å². The number of ether oxygens (including phenoxy) is 2. The van der Waals surface area contributed by atoms with E-state index >= 15 is 0 Å². The number of fused-ring (bicyclic) bond motifs is 3. The topological polar surface area (TPSA) is 84.2 Å². The summed E-state index contributed by atoms with van der Waals surface area (Å²) in [5.74, 6) is -1.03. The maximum Gasteiger partial charge on any atom is 0.278 e. The van der Waals surface area contributed by atoms with Crippen molar-refractivity contribution in [1.29, 1.82) is 0 Å². The molecule has 2 aromatic carbocycles. The molecule has 1 aromatic heterocycles. The van der Waals surface area contributed by atoms with Crippen LogP contribution in [0.4, 0.5) is 0 Å². The van der Waals surface area contributed by atoms with Crippen LogP contribution in [-0.4, -0.2) is 53.3 Å². The minimum Gasteiger partial charge on any atom is -0.502 e. The monoisotopic (exact) mass is 489 g/mol. The van der Waals surface area contributed by atoms with E-state index in [9.17, 15) is 14.7 Å². The van der Waals surface area contributed by atoms with E-state index in [1.54, 1.807) is 30.0 Å². The molecule has 8 heteroatoms. The van der Waals surface area contributed by atoms with Gasteiger partial charge >= 0.3 is 0 Å². The van der Waals surface area contributed by atoms with Crippen LogP contribution in [0.1, 0.15) is 52.6 Å². The number of amides is 1. The number of aromatic hydroxyl groups is 1. The van der Waals surface area contributed by atoms with Gasteiger partial charge in [-0.3, -0.25) is 19.3 Å². The normalized spacial score (nSPS) is 17.7. The summed E-state index contributed by atoms with van der Waals surface area (Å²) in [7, 11) is 3.09. The Morgan fingerprint density at radius 3 is 1.97 bits per heavy atom. The summed E-state index contributed by atoms with van der Waals surface area (Å²) in [6, 6.07) is 17.2. The zero-order valence-electron chi connectivity index (χ0n) is 20.9. The van der Waals surface area contributed by atoms with Crippen molar-refractivity contribution in [3.05, 3.63) is 99.0 Å². The largest absolute Gasteiger partial charge is 0.502 e. The standard InChI is InChI=1S/C28H31N3O5/c1-17(2)30-26(28(35-3)36-4)31(29-16-15-22(32)25(33)24(29)27(30)34)23-20-11-7-5-9-18(20)13-14-19-10-6-8-12-21(19)23/h5-12,15-17,23,26,28,33H,13-14H2,1-4H3. The van der Waals surface area contributed by atoms with E-state index in [-0.39, 0.29) is 17.8 Å². The van der Waals surface area contributed by atoms with Gasteiger partial charge in [0, 0.05) is 32.5 Å². The molecular weight excluding hydrogens is 458 g/mol. The summed E-state index contributed by atoms with van der Waals surface area (Å²) in [5, 5.41) is 12.9. The highest BCUT2D eigenvalue weighted by atomic mass is 16.7. The predicted molar refractivity (Wildman–Crippen MR) is 136 cm³/mol. The van der Waals surface area contributed by atoms with Crippen LogP contribution in [0.25, 0.3) is 0 Å². The fraction of sp³-hybridized carbons (Fsp3) is 0.357. The predicted octanol–water partition coefficient (Wildman–Crippen LogP) is 3.19. The van der Waals surface area contributed by atoms with Crippen molar-refractivity contribution in [2.75, 3.05) is 19.2 Å². The molecule has 1 aliphatic heterocycles. The first kappa shape index (κ1) is 24.1. The van der Waals surface area contributed by atoms with Crippen molar-refractivity contribution in [1.82, 2.24) is 9.58 Å². The number of hydrogen-bond donors (Lipinski definition) is 1. The van der Waals surface area contributed by atoms with Crippen molar-refractivity contribution >= 4 is 5.91 Å². The molecule has 3 aromatic rings. The average Bonchev–Trinajstić information content (AvgIpc) is 3.04. The van der Waals surface area contributed by atoms with Crippen LogP contribution in [-0.2, 0) is 22.3 Å². The van der Waals surface area contributed by atoms with Crippen molar-refractivity contribution in [3.63, 3.8) is 0 Å². The van der Waals surface area contributed by atoms with Crippen molar-refractivity contribution in [2.45, 2.75) is 51.2 Å². The van der Waals surface area contributed by atoms with E-state index < -0.39 is 29.5 Å². The molecule has 2 aliphatic rings. The van der Waals surface area contributed by atoms with Gasteiger partial charge in [0.15, 0.2) is 23.9 Å². The molecule has 36 heavy (non-hydrogen) atoms. The Bertz CT molecular complexity index is 1300. The van der Waals surface area contributed by atoms with Gasteiger partial charge in [-0.05, 0) is 48.9 Å². The van der Waals surface area contributed by atoms with Gasteiger partial charge in [0.2, 0.25) is 5.43 Å². The summed E-state index contributed by atoms with van der Waals surface area (Å²) >= 11 is 0. The van der Waals surface area contributed by atoms with E-state index in [0.717, 1.165) is 24.0 Å². The first-order valence-corrected chi connectivity index (χ1v) is 12.2. The lowest BCUT2D eigenvalue weighted by Crippen LogP contribution is -2.68. The third kappa shape index (κ3) is 3.68. The Balaban J connectivity index is 1.88. The zero-order chi connectivity index (χ0) is 25.6. The molecule has 0 radical (unpaired) electrons. The number of aromatic nitrogens is 1. The molecule has 8 nitrogen and oxygen atoms in total. The van der Waals surface area contributed by atoms with Crippen LogP contribution in [0.5, 0.6) is 5.75 Å². The fourth-order valence-corrected chi connectivity index (χ4v) is 5.60. The van der Waals surface area contributed by atoms with Gasteiger partial charge in [0.25, 0.3) is 5.91 Å². The van der Waals surface area contributed by atoms with Gasteiger partial charge in [0.1, 0.15) is 0 Å². The minimum atomic E-state index is -0.811. The molecule has 1 aliphatic carbocycles. The van der Waals surface area contributed by atoms with Crippen LogP contribution in [0.15, 0.2) is 65.6 Å². The summed E-state index contributed by atoms with van der Waals surface area (Å²) in [6.07, 6.45) is 1.78. The number of rotatable bonds is 5. The highest BCUT2D eigenvalue weighted by Crippen LogP contribution is 2.41. The smallest absolute Gasteiger partial charge is 0.278 e. The number of benzene rings is 2. The van der Waals surface area contributed by atoms with Gasteiger partial charge < -0.3 is 19.5 Å². The molecule has 188 valence electrons. The number of hydrogen-bond acceptors (Lipinski definition) is 6. The van der Waals surface area contributed by atoms with E-state index in [1.165, 1.54) is 17.2 Å². The molecule has 5 rings (SSSR count). The van der Waals surface area contributed by atoms with E-state index in [2.05, 4.69) is 24.3 Å². The second-order valence-electron chi connectivity index (χ2n) is 9.46. The Hall–Kier alpha value is -3.62. The number of pyridine rings is 1. The third-order valence-corrected chi connectivity index (χ3v) is 7.19. The second kappa shape index (κ2) is 9.44. The number of methoxy groups -OCH3 is 2. The maximum atomic E-state index is 13.8. The number of nitrogens with zero attached hydrogens (tertiary/aromatic N) is 3. The quantitative estimate of drug-likeness (QED) is 0.555. The first-order valence-electron chi connectivity index (χ1n) is 12.2. The molecule has 0 bridgehead atoms. The number of carbonyl (C=O) groups excluding carboxylic acids is 1. The first-order chi connectivity index (χ1) is 17.4.